The van der Waals surface area contributed by atoms with Crippen molar-refractivity contribution in [1.29, 1.82) is 0 Å². The lowest BCUT2D eigenvalue weighted by Gasteiger charge is -2.28. The molecule has 1 amide bonds. The molecular formula is C20H33N2O7P. The first kappa shape index (κ1) is 26.1. The molecule has 0 fully saturated rings. The van der Waals surface area contributed by atoms with Crippen LogP contribution in [0, 0.1) is 5.92 Å². The van der Waals surface area contributed by atoms with Crippen molar-refractivity contribution in [2.75, 3.05) is 13.7 Å². The van der Waals surface area contributed by atoms with Crippen molar-refractivity contribution in [2.24, 2.45) is 11.7 Å². The number of methoxy groups -OCH3 is 1. The Morgan fingerprint density at radius 2 is 1.90 bits per heavy atom. The van der Waals surface area contributed by atoms with Gasteiger partial charge in [0.15, 0.2) is 6.10 Å². The molecule has 0 aliphatic rings. The number of benzene rings is 1. The van der Waals surface area contributed by atoms with Gasteiger partial charge in [0.2, 0.25) is 5.91 Å². The van der Waals surface area contributed by atoms with Crippen molar-refractivity contribution >= 4 is 19.5 Å². The highest BCUT2D eigenvalue weighted by Crippen LogP contribution is 2.50. The number of aryl methyl sites for hydroxylation is 1. The summed E-state index contributed by atoms with van der Waals surface area (Å²) >= 11 is 0. The van der Waals surface area contributed by atoms with Gasteiger partial charge in [-0.05, 0) is 49.8 Å². The average Bonchev–Trinajstić information content (AvgIpc) is 2.69. The van der Waals surface area contributed by atoms with E-state index in [0.717, 1.165) is 5.56 Å². The summed E-state index contributed by atoms with van der Waals surface area (Å²) in [5.41, 5.74) is 6.24. The molecule has 0 aliphatic heterocycles. The van der Waals surface area contributed by atoms with E-state index in [0.29, 0.717) is 31.6 Å². The number of amides is 1. The van der Waals surface area contributed by atoms with E-state index in [1.165, 1.54) is 0 Å². The smallest absolute Gasteiger partial charge is 0.351 e. The van der Waals surface area contributed by atoms with Crippen LogP contribution in [0.25, 0.3) is 0 Å². The van der Waals surface area contributed by atoms with Crippen molar-refractivity contribution in [3.63, 3.8) is 0 Å². The standard InChI is InChI=1S/C20H33N2O7P/c1-14(2)19(30(26,27)29-17(20(24)25)10-6-7-13-21)22-18(23)12-11-15-8-4-5-9-16(15)28-3/h4-5,8-9,14,17,19H,6-7,10-13,21H2,1-3H3,(H,22,23)(H,24,25)(H,26,27). The zero-order valence-electron chi connectivity index (χ0n) is 17.7. The number of para-hydroxylation sites is 1. The number of hydrogen-bond donors (Lipinski definition) is 4. The molecule has 1 rings (SSSR count). The number of hydrogen-bond acceptors (Lipinski definition) is 6. The number of nitrogens with two attached hydrogens (primary N) is 1. The molecule has 3 atom stereocenters. The first-order valence-corrected chi connectivity index (χ1v) is 11.6. The van der Waals surface area contributed by atoms with Crippen LogP contribution in [0.3, 0.4) is 0 Å². The van der Waals surface area contributed by atoms with Crippen molar-refractivity contribution < 1.29 is 33.4 Å². The molecule has 0 heterocycles. The van der Waals surface area contributed by atoms with Crippen LogP contribution in [0.2, 0.25) is 0 Å². The molecule has 170 valence electrons. The van der Waals surface area contributed by atoms with Crippen LogP contribution < -0.4 is 15.8 Å². The summed E-state index contributed by atoms with van der Waals surface area (Å²) in [5.74, 6) is -2.78. The van der Waals surface area contributed by atoms with Gasteiger partial charge in [-0.25, -0.2) is 4.79 Å². The number of aliphatic carboxylic acids is 1. The number of unbranched alkanes of at least 4 members (excludes halogenated alkanes) is 1. The van der Waals surface area contributed by atoms with Crippen LogP contribution in [-0.4, -0.2) is 47.4 Å². The largest absolute Gasteiger partial charge is 0.496 e. The molecule has 0 saturated carbocycles. The van der Waals surface area contributed by atoms with E-state index in [9.17, 15) is 24.2 Å². The summed E-state index contributed by atoms with van der Waals surface area (Å²) in [7, 11) is -2.91. The van der Waals surface area contributed by atoms with Crippen LogP contribution in [0.4, 0.5) is 0 Å². The highest BCUT2D eigenvalue weighted by Gasteiger charge is 2.40. The van der Waals surface area contributed by atoms with E-state index in [-0.39, 0.29) is 12.8 Å². The van der Waals surface area contributed by atoms with Gasteiger partial charge in [0.25, 0.3) is 0 Å². The summed E-state index contributed by atoms with van der Waals surface area (Å²) < 4.78 is 23.2. The van der Waals surface area contributed by atoms with Crippen LogP contribution in [0.15, 0.2) is 24.3 Å². The van der Waals surface area contributed by atoms with Gasteiger partial charge < -0.3 is 25.8 Å². The predicted octanol–water partition coefficient (Wildman–Crippen LogP) is 2.51. The van der Waals surface area contributed by atoms with E-state index < -0.39 is 37.3 Å². The number of carbonyl (C=O) groups excluding carboxylic acids is 1. The third-order valence-corrected chi connectivity index (χ3v) is 6.56. The number of carboxylic acids is 1. The topological polar surface area (TPSA) is 148 Å². The fraction of sp³-hybridized carbons (Fsp3) is 0.600. The fourth-order valence-corrected chi connectivity index (χ4v) is 4.72. The zero-order chi connectivity index (χ0) is 22.7. The maximum Gasteiger partial charge on any atom is 0.351 e. The van der Waals surface area contributed by atoms with Gasteiger partial charge in [-0.2, -0.15) is 0 Å². The fourth-order valence-electron chi connectivity index (χ4n) is 2.96. The molecular weight excluding hydrogens is 411 g/mol. The summed E-state index contributed by atoms with van der Waals surface area (Å²) in [4.78, 5) is 34.3. The highest BCUT2D eigenvalue weighted by molar-refractivity contribution is 7.53. The van der Waals surface area contributed by atoms with E-state index in [2.05, 4.69) is 5.32 Å². The molecule has 0 spiro atoms. The van der Waals surface area contributed by atoms with Gasteiger partial charge in [-0.1, -0.05) is 32.0 Å². The second-order valence-corrected chi connectivity index (χ2v) is 9.24. The van der Waals surface area contributed by atoms with Crippen molar-refractivity contribution in [2.45, 2.75) is 57.8 Å². The van der Waals surface area contributed by atoms with Gasteiger partial charge in [0.1, 0.15) is 11.5 Å². The lowest BCUT2D eigenvalue weighted by atomic mass is 10.1. The minimum absolute atomic E-state index is 0.0592. The molecule has 3 unspecified atom stereocenters. The second kappa shape index (κ2) is 12.7. The lowest BCUT2D eigenvalue weighted by molar-refractivity contribution is -0.145. The number of carboxylic acid groups (broad SMARTS) is 1. The number of ether oxygens (including phenoxy) is 1. The van der Waals surface area contributed by atoms with Crippen molar-refractivity contribution in [3.8, 4) is 5.75 Å². The Bertz CT molecular complexity index is 742. The third-order valence-electron chi connectivity index (χ3n) is 4.58. The van der Waals surface area contributed by atoms with Gasteiger partial charge in [-0.15, -0.1) is 0 Å². The zero-order valence-corrected chi connectivity index (χ0v) is 18.6. The Morgan fingerprint density at radius 1 is 1.23 bits per heavy atom. The van der Waals surface area contributed by atoms with Crippen LogP contribution >= 0.6 is 7.60 Å². The van der Waals surface area contributed by atoms with Crippen LogP contribution in [0.5, 0.6) is 5.75 Å². The Labute approximate surface area is 177 Å². The normalized spacial score (nSPS) is 15.3. The Balaban J connectivity index is 2.79. The maximum atomic E-state index is 12.8. The molecule has 0 aromatic heterocycles. The van der Waals surface area contributed by atoms with Crippen LogP contribution in [0.1, 0.15) is 45.1 Å². The summed E-state index contributed by atoms with van der Waals surface area (Å²) in [5, 5.41) is 11.9. The molecule has 0 bridgehead atoms. The third kappa shape index (κ3) is 8.44. The summed E-state index contributed by atoms with van der Waals surface area (Å²) in [6.07, 6.45) is 0.0978. The molecule has 0 aliphatic carbocycles. The number of carbonyl (C=O) groups is 2. The van der Waals surface area contributed by atoms with E-state index in [1.54, 1.807) is 27.0 Å². The molecule has 30 heavy (non-hydrogen) atoms. The first-order chi connectivity index (χ1) is 14.1. The average molecular weight is 444 g/mol. The molecule has 5 N–H and O–H groups in total. The molecule has 0 saturated heterocycles. The van der Waals surface area contributed by atoms with Gasteiger partial charge in [0.05, 0.1) is 7.11 Å². The molecule has 0 radical (unpaired) electrons. The molecule has 1 aromatic carbocycles. The monoisotopic (exact) mass is 444 g/mol. The molecule has 1 aromatic rings. The highest BCUT2D eigenvalue weighted by atomic mass is 31.2. The maximum absolute atomic E-state index is 12.8. The number of rotatable bonds is 14. The second-order valence-electron chi connectivity index (χ2n) is 7.35. The van der Waals surface area contributed by atoms with Crippen molar-refractivity contribution in [1.82, 2.24) is 5.32 Å². The Hall–Kier alpha value is -1.93. The SMILES string of the molecule is COc1ccccc1CCC(=O)NC(C(C)C)P(=O)(O)OC(CCCCN)C(=O)O. The van der Waals surface area contributed by atoms with Crippen molar-refractivity contribution in [3.05, 3.63) is 29.8 Å². The van der Waals surface area contributed by atoms with Gasteiger partial charge in [-0.3, -0.25) is 13.9 Å². The van der Waals surface area contributed by atoms with E-state index in [1.807, 2.05) is 18.2 Å². The quantitative estimate of drug-likeness (QED) is 0.253. The Morgan fingerprint density at radius 3 is 2.47 bits per heavy atom. The molecule has 10 heteroatoms. The molecule has 9 nitrogen and oxygen atoms in total. The minimum Gasteiger partial charge on any atom is -0.496 e. The summed E-state index contributed by atoms with van der Waals surface area (Å²) in [6, 6.07) is 7.28. The lowest BCUT2D eigenvalue weighted by Crippen LogP contribution is -2.40. The van der Waals surface area contributed by atoms with Crippen LogP contribution in [-0.2, 0) is 25.1 Å². The predicted molar refractivity (Wildman–Crippen MR) is 113 cm³/mol. The summed E-state index contributed by atoms with van der Waals surface area (Å²) in [6.45, 7) is 3.70. The van der Waals surface area contributed by atoms with E-state index >= 15 is 0 Å². The first-order valence-electron chi connectivity index (χ1n) is 9.97. The van der Waals surface area contributed by atoms with Gasteiger partial charge in [0, 0.05) is 6.42 Å². The van der Waals surface area contributed by atoms with Gasteiger partial charge >= 0.3 is 13.6 Å². The van der Waals surface area contributed by atoms with E-state index in [4.69, 9.17) is 15.0 Å². The Kier molecular flexibility index (Phi) is 11.0. The minimum atomic E-state index is -4.45. The number of nitrogens with one attached hydrogen (secondary N) is 1.